The highest BCUT2D eigenvalue weighted by molar-refractivity contribution is 6.11. The molecule has 0 spiro atoms. The van der Waals surface area contributed by atoms with Crippen LogP contribution in [0.3, 0.4) is 0 Å². The van der Waals surface area contributed by atoms with E-state index in [0.29, 0.717) is 16.9 Å². The van der Waals surface area contributed by atoms with Gasteiger partial charge in [-0.3, -0.25) is 9.69 Å². The smallest absolute Gasteiger partial charge is 0.262 e. The number of benzene rings is 3. The van der Waals surface area contributed by atoms with E-state index in [1.165, 1.54) is 53.4 Å². The number of nitrogens with zero attached hydrogens (tertiary/aromatic N) is 1. The molecule has 0 aromatic heterocycles. The van der Waals surface area contributed by atoms with Crippen molar-refractivity contribution < 1.29 is 20.1 Å². The number of hydrogen-bond acceptors (Lipinski definition) is 4. The SMILES string of the molecule is O=C(c1ccc(O)cc1)N(c1ccc(O)cc1)c1cccc(O)c1. The van der Waals surface area contributed by atoms with Gasteiger partial charge >= 0.3 is 0 Å². The van der Waals surface area contributed by atoms with E-state index in [0.717, 1.165) is 0 Å². The quantitative estimate of drug-likeness (QED) is 0.686. The molecule has 0 aliphatic carbocycles. The summed E-state index contributed by atoms with van der Waals surface area (Å²) in [6.45, 7) is 0. The Morgan fingerprint density at radius 1 is 0.667 bits per heavy atom. The summed E-state index contributed by atoms with van der Waals surface area (Å²) in [5.74, 6) is -0.132. The Hall–Kier alpha value is -3.47. The molecular weight excluding hydrogens is 306 g/mol. The first-order chi connectivity index (χ1) is 11.5. The molecule has 3 N–H and O–H groups in total. The Kier molecular flexibility index (Phi) is 4.07. The van der Waals surface area contributed by atoms with Gasteiger partial charge in [-0.05, 0) is 60.7 Å². The Morgan fingerprint density at radius 2 is 1.25 bits per heavy atom. The van der Waals surface area contributed by atoms with Crippen molar-refractivity contribution in [2.75, 3.05) is 4.90 Å². The molecule has 0 aliphatic rings. The summed E-state index contributed by atoms with van der Waals surface area (Å²) in [4.78, 5) is 14.4. The van der Waals surface area contributed by atoms with Crippen LogP contribution >= 0.6 is 0 Å². The highest BCUT2D eigenvalue weighted by atomic mass is 16.3. The van der Waals surface area contributed by atoms with Crippen LogP contribution < -0.4 is 4.90 Å². The van der Waals surface area contributed by atoms with E-state index in [9.17, 15) is 20.1 Å². The van der Waals surface area contributed by atoms with Crippen molar-refractivity contribution in [1.82, 2.24) is 0 Å². The van der Waals surface area contributed by atoms with E-state index < -0.39 is 0 Å². The molecule has 0 unspecified atom stereocenters. The van der Waals surface area contributed by atoms with E-state index in [-0.39, 0.29) is 23.2 Å². The van der Waals surface area contributed by atoms with Crippen molar-refractivity contribution in [2.45, 2.75) is 0 Å². The van der Waals surface area contributed by atoms with E-state index in [1.54, 1.807) is 24.3 Å². The summed E-state index contributed by atoms with van der Waals surface area (Å²) in [7, 11) is 0. The molecule has 3 aromatic carbocycles. The number of carbonyl (C=O) groups is 1. The number of phenols is 3. The van der Waals surface area contributed by atoms with Gasteiger partial charge in [0.25, 0.3) is 5.91 Å². The average molecular weight is 321 g/mol. The minimum Gasteiger partial charge on any atom is -0.508 e. The van der Waals surface area contributed by atoms with E-state index in [4.69, 9.17) is 0 Å². The minimum atomic E-state index is -0.328. The second-order valence-corrected chi connectivity index (χ2v) is 5.22. The number of carbonyl (C=O) groups excluding carboxylic acids is 1. The zero-order chi connectivity index (χ0) is 17.1. The summed E-state index contributed by atoms with van der Waals surface area (Å²) < 4.78 is 0. The van der Waals surface area contributed by atoms with Crippen LogP contribution in [-0.2, 0) is 0 Å². The fourth-order valence-electron chi connectivity index (χ4n) is 2.35. The fourth-order valence-corrected chi connectivity index (χ4v) is 2.35. The molecule has 1 amide bonds. The van der Waals surface area contributed by atoms with Crippen LogP contribution in [-0.4, -0.2) is 21.2 Å². The maximum atomic E-state index is 13.0. The van der Waals surface area contributed by atoms with Gasteiger partial charge in [-0.15, -0.1) is 0 Å². The molecule has 0 fully saturated rings. The largest absolute Gasteiger partial charge is 0.508 e. The van der Waals surface area contributed by atoms with Gasteiger partial charge < -0.3 is 15.3 Å². The Labute approximate surface area is 138 Å². The molecule has 0 aliphatic heterocycles. The van der Waals surface area contributed by atoms with Gasteiger partial charge in [0.05, 0.1) is 5.69 Å². The van der Waals surface area contributed by atoms with Crippen LogP contribution in [0, 0.1) is 0 Å². The first kappa shape index (κ1) is 15.4. The molecule has 0 heterocycles. The lowest BCUT2D eigenvalue weighted by atomic mass is 10.1. The molecule has 3 aromatic rings. The molecular formula is C19H15NO4. The molecule has 5 nitrogen and oxygen atoms in total. The molecule has 120 valence electrons. The molecule has 0 radical (unpaired) electrons. The topological polar surface area (TPSA) is 81.0 Å². The monoisotopic (exact) mass is 321 g/mol. The Bertz CT molecular complexity index is 857. The van der Waals surface area contributed by atoms with Crippen molar-refractivity contribution >= 4 is 17.3 Å². The van der Waals surface area contributed by atoms with Crippen LogP contribution in [0.25, 0.3) is 0 Å². The van der Waals surface area contributed by atoms with Gasteiger partial charge in [-0.1, -0.05) is 6.07 Å². The van der Waals surface area contributed by atoms with Crippen molar-refractivity contribution in [1.29, 1.82) is 0 Å². The van der Waals surface area contributed by atoms with Gasteiger partial charge in [0.15, 0.2) is 0 Å². The number of anilines is 2. The standard InChI is InChI=1S/C19H15NO4/c21-16-8-4-13(5-9-16)19(24)20(14-6-10-17(22)11-7-14)15-2-1-3-18(23)12-15/h1-12,21-23H. The maximum Gasteiger partial charge on any atom is 0.262 e. The molecule has 0 bridgehead atoms. The van der Waals surface area contributed by atoms with Crippen LogP contribution in [0.4, 0.5) is 11.4 Å². The van der Waals surface area contributed by atoms with Crippen LogP contribution in [0.2, 0.25) is 0 Å². The second-order valence-electron chi connectivity index (χ2n) is 5.22. The maximum absolute atomic E-state index is 13.0. The fraction of sp³-hybridized carbons (Fsp3) is 0. The van der Waals surface area contributed by atoms with Gasteiger partial charge in [-0.2, -0.15) is 0 Å². The third-order valence-electron chi connectivity index (χ3n) is 3.51. The van der Waals surface area contributed by atoms with E-state index >= 15 is 0 Å². The first-order valence-electron chi connectivity index (χ1n) is 7.26. The normalized spacial score (nSPS) is 10.3. The Balaban J connectivity index is 2.09. The lowest BCUT2D eigenvalue weighted by Crippen LogP contribution is -2.25. The number of hydrogen-bond donors (Lipinski definition) is 3. The molecule has 0 atom stereocenters. The third kappa shape index (κ3) is 3.15. The van der Waals surface area contributed by atoms with Crippen LogP contribution in [0.15, 0.2) is 72.8 Å². The van der Waals surface area contributed by atoms with Crippen molar-refractivity contribution in [3.05, 3.63) is 78.4 Å². The summed E-state index contributed by atoms with van der Waals surface area (Å²) in [5.41, 5.74) is 1.40. The van der Waals surface area contributed by atoms with E-state index in [1.807, 2.05) is 0 Å². The molecule has 0 saturated heterocycles. The molecule has 3 rings (SSSR count). The van der Waals surface area contributed by atoms with Gasteiger partial charge in [0.1, 0.15) is 17.2 Å². The van der Waals surface area contributed by atoms with E-state index in [2.05, 4.69) is 0 Å². The van der Waals surface area contributed by atoms with Crippen molar-refractivity contribution in [3.63, 3.8) is 0 Å². The number of phenolic OH excluding ortho intramolecular Hbond substituents is 3. The van der Waals surface area contributed by atoms with Gasteiger partial charge in [-0.25, -0.2) is 0 Å². The molecule has 0 saturated carbocycles. The zero-order valence-corrected chi connectivity index (χ0v) is 12.6. The lowest BCUT2D eigenvalue weighted by molar-refractivity contribution is 0.0999. The lowest BCUT2D eigenvalue weighted by Gasteiger charge is -2.23. The van der Waals surface area contributed by atoms with Crippen LogP contribution in [0.1, 0.15) is 10.4 Å². The first-order valence-corrected chi connectivity index (χ1v) is 7.26. The summed E-state index contributed by atoms with van der Waals surface area (Å²) in [6.07, 6.45) is 0. The van der Waals surface area contributed by atoms with Crippen molar-refractivity contribution in [3.8, 4) is 17.2 Å². The van der Waals surface area contributed by atoms with Crippen molar-refractivity contribution in [2.24, 2.45) is 0 Å². The number of rotatable bonds is 3. The van der Waals surface area contributed by atoms with Crippen LogP contribution in [0.5, 0.6) is 17.2 Å². The van der Waals surface area contributed by atoms with Gasteiger partial charge in [0.2, 0.25) is 0 Å². The van der Waals surface area contributed by atoms with Gasteiger partial charge in [0, 0.05) is 17.3 Å². The molecule has 5 heteroatoms. The summed E-state index contributed by atoms with van der Waals surface area (Å²) in [5, 5.41) is 28.6. The Morgan fingerprint density at radius 3 is 1.83 bits per heavy atom. The summed E-state index contributed by atoms with van der Waals surface area (Å²) in [6, 6.07) is 18.4. The zero-order valence-electron chi connectivity index (χ0n) is 12.6. The predicted octanol–water partition coefficient (Wildman–Crippen LogP) is 3.78. The minimum absolute atomic E-state index is 0.0368. The highest BCUT2D eigenvalue weighted by Crippen LogP contribution is 2.31. The summed E-state index contributed by atoms with van der Waals surface area (Å²) >= 11 is 0. The third-order valence-corrected chi connectivity index (χ3v) is 3.51. The highest BCUT2D eigenvalue weighted by Gasteiger charge is 2.20. The second kappa shape index (κ2) is 6.34. The predicted molar refractivity (Wildman–Crippen MR) is 90.8 cm³/mol. The number of amides is 1. The number of aromatic hydroxyl groups is 3. The molecule has 24 heavy (non-hydrogen) atoms. The average Bonchev–Trinajstić information content (AvgIpc) is 2.57.